The summed E-state index contributed by atoms with van der Waals surface area (Å²) in [6.45, 7) is 1.85. The summed E-state index contributed by atoms with van der Waals surface area (Å²) in [4.78, 5) is 28.3. The van der Waals surface area contributed by atoms with Crippen LogP contribution in [0.5, 0.6) is 0 Å². The van der Waals surface area contributed by atoms with Crippen molar-refractivity contribution in [3.05, 3.63) is 68.1 Å². The van der Waals surface area contributed by atoms with Crippen LogP contribution in [0.4, 0.5) is 5.69 Å². The van der Waals surface area contributed by atoms with Gasteiger partial charge in [-0.2, -0.15) is 11.3 Å². The molecule has 0 aliphatic heterocycles. The number of anilines is 1. The van der Waals surface area contributed by atoms with Crippen LogP contribution in [0.3, 0.4) is 0 Å². The van der Waals surface area contributed by atoms with Gasteiger partial charge in [0, 0.05) is 39.5 Å². The molecule has 4 aromatic rings. The van der Waals surface area contributed by atoms with E-state index >= 15 is 0 Å². The number of nitrogens with zero attached hydrogens (tertiary/aromatic N) is 1. The lowest BCUT2D eigenvalue weighted by Crippen LogP contribution is -2.12. The third-order valence-electron chi connectivity index (χ3n) is 3.71. The number of nitrogens with one attached hydrogen (secondary N) is 1. The Morgan fingerprint density at radius 2 is 2.08 bits per heavy atom. The number of hydrogen-bond donors (Lipinski definition) is 1. The van der Waals surface area contributed by atoms with Crippen LogP contribution in [0.25, 0.3) is 21.5 Å². The van der Waals surface area contributed by atoms with Gasteiger partial charge in [0.2, 0.25) is 0 Å². The maximum atomic E-state index is 12.4. The average Bonchev–Trinajstić information content (AvgIpc) is 3.25. The van der Waals surface area contributed by atoms with Crippen molar-refractivity contribution in [1.29, 1.82) is 0 Å². The highest BCUT2D eigenvalue weighted by Crippen LogP contribution is 2.26. The SMILES string of the molecule is Cc1cc(=O)oc2cc(NC(=O)c3csc(-c4ccsc4)n3)ccc12. The molecule has 25 heavy (non-hydrogen) atoms. The van der Waals surface area contributed by atoms with Gasteiger partial charge >= 0.3 is 5.63 Å². The molecule has 0 bridgehead atoms. The number of aryl methyl sites for hydroxylation is 1. The standard InChI is InChI=1S/C18H12N2O3S2/c1-10-6-16(21)23-15-7-12(2-3-13(10)15)19-17(22)14-9-25-18(20-14)11-4-5-24-8-11/h2-9H,1H3,(H,19,22). The summed E-state index contributed by atoms with van der Waals surface area (Å²) in [6.07, 6.45) is 0. The molecule has 5 nitrogen and oxygen atoms in total. The second kappa shape index (κ2) is 6.27. The van der Waals surface area contributed by atoms with Crippen molar-refractivity contribution in [3.8, 4) is 10.6 Å². The first-order valence-electron chi connectivity index (χ1n) is 7.44. The summed E-state index contributed by atoms with van der Waals surface area (Å²) >= 11 is 3.02. The number of carbonyl (C=O) groups is 1. The summed E-state index contributed by atoms with van der Waals surface area (Å²) in [5.41, 5.74) is 2.79. The van der Waals surface area contributed by atoms with E-state index < -0.39 is 5.63 Å². The zero-order chi connectivity index (χ0) is 17.4. The van der Waals surface area contributed by atoms with Gasteiger partial charge in [-0.1, -0.05) is 0 Å². The van der Waals surface area contributed by atoms with Crippen LogP contribution in [-0.4, -0.2) is 10.9 Å². The quantitative estimate of drug-likeness (QED) is 0.539. The van der Waals surface area contributed by atoms with E-state index in [1.54, 1.807) is 28.8 Å². The molecule has 0 radical (unpaired) electrons. The largest absolute Gasteiger partial charge is 0.423 e. The summed E-state index contributed by atoms with van der Waals surface area (Å²) in [5.74, 6) is -0.299. The lowest BCUT2D eigenvalue weighted by Gasteiger charge is -2.05. The highest BCUT2D eigenvalue weighted by atomic mass is 32.1. The molecule has 7 heteroatoms. The second-order valence-electron chi connectivity index (χ2n) is 5.46. The zero-order valence-corrected chi connectivity index (χ0v) is 14.7. The van der Waals surface area contributed by atoms with E-state index in [0.29, 0.717) is 17.0 Å². The Labute approximate surface area is 150 Å². The first-order valence-corrected chi connectivity index (χ1v) is 9.26. The van der Waals surface area contributed by atoms with Gasteiger partial charge in [0.1, 0.15) is 16.3 Å². The van der Waals surface area contributed by atoms with Crippen LogP contribution < -0.4 is 10.9 Å². The number of hydrogen-bond acceptors (Lipinski definition) is 6. The molecule has 0 unspecified atom stereocenters. The maximum Gasteiger partial charge on any atom is 0.336 e. The number of amides is 1. The molecular formula is C18H12N2O3S2. The van der Waals surface area contributed by atoms with E-state index in [9.17, 15) is 9.59 Å². The van der Waals surface area contributed by atoms with Gasteiger partial charge in [-0.3, -0.25) is 4.79 Å². The van der Waals surface area contributed by atoms with Crippen molar-refractivity contribution >= 4 is 45.2 Å². The van der Waals surface area contributed by atoms with Crippen LogP contribution >= 0.6 is 22.7 Å². The van der Waals surface area contributed by atoms with Crippen molar-refractivity contribution in [1.82, 2.24) is 4.98 Å². The number of fused-ring (bicyclic) bond motifs is 1. The smallest absolute Gasteiger partial charge is 0.336 e. The number of thiazole rings is 1. The minimum Gasteiger partial charge on any atom is -0.423 e. The Morgan fingerprint density at radius 1 is 1.20 bits per heavy atom. The van der Waals surface area contributed by atoms with Gasteiger partial charge in [-0.05, 0) is 36.1 Å². The van der Waals surface area contributed by atoms with E-state index in [4.69, 9.17) is 4.42 Å². The second-order valence-corrected chi connectivity index (χ2v) is 7.10. The lowest BCUT2D eigenvalue weighted by atomic mass is 10.1. The molecule has 124 valence electrons. The van der Waals surface area contributed by atoms with Crippen molar-refractivity contribution < 1.29 is 9.21 Å². The fourth-order valence-electron chi connectivity index (χ4n) is 2.49. The van der Waals surface area contributed by atoms with E-state index in [-0.39, 0.29) is 5.91 Å². The van der Waals surface area contributed by atoms with Crippen LogP contribution in [0.1, 0.15) is 16.1 Å². The molecule has 3 aromatic heterocycles. The third kappa shape index (κ3) is 3.11. The normalized spacial score (nSPS) is 10.9. The van der Waals surface area contributed by atoms with Crippen molar-refractivity contribution in [2.24, 2.45) is 0 Å². The van der Waals surface area contributed by atoms with Crippen molar-refractivity contribution in [3.63, 3.8) is 0 Å². The number of aromatic nitrogens is 1. The van der Waals surface area contributed by atoms with Gasteiger partial charge in [-0.25, -0.2) is 9.78 Å². The first-order chi connectivity index (χ1) is 12.1. The topological polar surface area (TPSA) is 72.2 Å². The van der Waals surface area contributed by atoms with Gasteiger partial charge in [-0.15, -0.1) is 11.3 Å². The van der Waals surface area contributed by atoms with Crippen LogP contribution in [-0.2, 0) is 0 Å². The van der Waals surface area contributed by atoms with E-state index in [0.717, 1.165) is 21.5 Å². The van der Waals surface area contributed by atoms with Crippen LogP contribution in [0, 0.1) is 6.92 Å². The van der Waals surface area contributed by atoms with E-state index in [1.165, 1.54) is 17.4 Å². The van der Waals surface area contributed by atoms with Crippen LogP contribution in [0.2, 0.25) is 0 Å². The molecule has 0 fully saturated rings. The molecule has 0 saturated carbocycles. The molecule has 0 saturated heterocycles. The van der Waals surface area contributed by atoms with Crippen molar-refractivity contribution in [2.45, 2.75) is 6.92 Å². The fourth-order valence-corrected chi connectivity index (χ4v) is 4.01. The molecule has 1 aromatic carbocycles. The molecular weight excluding hydrogens is 356 g/mol. The minimum atomic E-state index is -0.409. The van der Waals surface area contributed by atoms with Crippen molar-refractivity contribution in [2.75, 3.05) is 5.32 Å². The monoisotopic (exact) mass is 368 g/mol. The Morgan fingerprint density at radius 3 is 2.88 bits per heavy atom. The lowest BCUT2D eigenvalue weighted by molar-refractivity contribution is 0.102. The molecule has 1 N–H and O–H groups in total. The Bertz CT molecular complexity index is 1130. The van der Waals surface area contributed by atoms with Gasteiger partial charge in [0.15, 0.2) is 0 Å². The first kappa shape index (κ1) is 15.7. The Hall–Kier alpha value is -2.77. The molecule has 3 heterocycles. The summed E-state index contributed by atoms with van der Waals surface area (Å²) < 4.78 is 5.20. The van der Waals surface area contributed by atoms with Gasteiger partial charge in [0.05, 0.1) is 0 Å². The molecule has 0 spiro atoms. The minimum absolute atomic E-state index is 0.299. The number of thiophene rings is 1. The fraction of sp³-hybridized carbons (Fsp3) is 0.0556. The Balaban J connectivity index is 1.60. The summed E-state index contributed by atoms with van der Waals surface area (Å²) in [6, 6.07) is 8.66. The van der Waals surface area contributed by atoms with E-state index in [1.807, 2.05) is 29.8 Å². The van der Waals surface area contributed by atoms with Gasteiger partial charge < -0.3 is 9.73 Å². The zero-order valence-electron chi connectivity index (χ0n) is 13.1. The number of benzene rings is 1. The maximum absolute atomic E-state index is 12.4. The highest BCUT2D eigenvalue weighted by molar-refractivity contribution is 7.14. The Kier molecular flexibility index (Phi) is 3.95. The number of carbonyl (C=O) groups excluding carboxylic acids is 1. The van der Waals surface area contributed by atoms with Gasteiger partial charge in [0.25, 0.3) is 5.91 Å². The number of rotatable bonds is 3. The summed E-state index contributed by atoms with van der Waals surface area (Å²) in [7, 11) is 0. The molecule has 0 atom stereocenters. The summed E-state index contributed by atoms with van der Waals surface area (Å²) in [5, 5.41) is 10.1. The average molecular weight is 368 g/mol. The highest BCUT2D eigenvalue weighted by Gasteiger charge is 2.13. The predicted molar refractivity (Wildman–Crippen MR) is 101 cm³/mol. The molecule has 1 amide bonds. The third-order valence-corrected chi connectivity index (χ3v) is 5.29. The van der Waals surface area contributed by atoms with Crippen LogP contribution in [0.15, 0.2) is 55.7 Å². The molecule has 4 rings (SSSR count). The van der Waals surface area contributed by atoms with E-state index in [2.05, 4.69) is 10.3 Å². The molecule has 0 aliphatic carbocycles. The predicted octanol–water partition coefficient (Wildman–Crippen LogP) is 4.54. The molecule has 0 aliphatic rings.